The van der Waals surface area contributed by atoms with E-state index in [1.165, 1.54) is 0 Å². The van der Waals surface area contributed by atoms with Crippen LogP contribution in [0.25, 0.3) is 0 Å². The van der Waals surface area contributed by atoms with Gasteiger partial charge < -0.3 is 16.4 Å². The largest absolute Gasteiger partial charge is 0.370 e. The van der Waals surface area contributed by atoms with Crippen LogP contribution >= 0.6 is 0 Å². The van der Waals surface area contributed by atoms with E-state index in [0.717, 1.165) is 12.2 Å². The molecule has 4 N–H and O–H groups in total. The highest BCUT2D eigenvalue weighted by molar-refractivity contribution is 5.75. The first kappa shape index (κ1) is 14.2. The number of carbonyl (C=O) groups excluding carboxylic acids is 1. The Morgan fingerprint density at radius 1 is 1.44 bits per heavy atom. The van der Waals surface area contributed by atoms with Crippen molar-refractivity contribution in [2.24, 2.45) is 5.73 Å². The molecule has 1 aromatic rings. The highest BCUT2D eigenvalue weighted by atomic mass is 16.1. The Labute approximate surface area is 107 Å². The molecule has 1 amide bonds. The molecule has 0 aliphatic carbocycles. The molecule has 1 rings (SSSR count). The van der Waals surface area contributed by atoms with Crippen LogP contribution in [0.3, 0.4) is 0 Å². The normalized spacial score (nSPS) is 11.1. The molecule has 0 spiro atoms. The number of aryl methyl sites for hydroxylation is 1. The van der Waals surface area contributed by atoms with Gasteiger partial charge in [-0.3, -0.25) is 4.79 Å². The van der Waals surface area contributed by atoms with Gasteiger partial charge in [0.15, 0.2) is 0 Å². The highest BCUT2D eigenvalue weighted by Gasteiger charge is 2.21. The van der Waals surface area contributed by atoms with Crippen LogP contribution in [0.1, 0.15) is 32.9 Å². The zero-order chi connectivity index (χ0) is 13.8. The molecule has 0 fully saturated rings. The molecule has 1 heterocycles. The van der Waals surface area contributed by atoms with Gasteiger partial charge in [0.05, 0.1) is 0 Å². The fourth-order valence-corrected chi connectivity index (χ4v) is 1.70. The zero-order valence-corrected chi connectivity index (χ0v) is 11.4. The fraction of sp³-hybridized carbons (Fsp3) is 0.583. The van der Waals surface area contributed by atoms with Crippen molar-refractivity contribution in [1.29, 1.82) is 0 Å². The van der Waals surface area contributed by atoms with Gasteiger partial charge in [0.2, 0.25) is 11.9 Å². The first-order valence-electron chi connectivity index (χ1n) is 5.98. The SMILES string of the molecule is CCNc1nc(C)cc(NC(C)(C)CC(N)=O)n1. The first-order valence-corrected chi connectivity index (χ1v) is 5.98. The van der Waals surface area contributed by atoms with Crippen molar-refractivity contribution in [3.63, 3.8) is 0 Å². The lowest BCUT2D eigenvalue weighted by Crippen LogP contribution is -2.36. The third-order valence-electron chi connectivity index (χ3n) is 2.27. The fourth-order valence-electron chi connectivity index (χ4n) is 1.70. The summed E-state index contributed by atoms with van der Waals surface area (Å²) in [6.45, 7) is 8.45. The number of nitrogens with two attached hydrogens (primary N) is 1. The van der Waals surface area contributed by atoms with Crippen LogP contribution in [-0.2, 0) is 4.79 Å². The molecule has 18 heavy (non-hydrogen) atoms. The number of anilines is 2. The number of amides is 1. The van der Waals surface area contributed by atoms with E-state index in [1.807, 2.05) is 33.8 Å². The van der Waals surface area contributed by atoms with Crippen molar-refractivity contribution in [2.45, 2.75) is 39.7 Å². The van der Waals surface area contributed by atoms with Crippen molar-refractivity contribution < 1.29 is 4.79 Å². The average Bonchev–Trinajstić information content (AvgIpc) is 2.12. The van der Waals surface area contributed by atoms with E-state index in [2.05, 4.69) is 20.6 Å². The number of hydrogen-bond acceptors (Lipinski definition) is 5. The maximum absolute atomic E-state index is 11.0. The predicted octanol–water partition coefficient (Wildman–Crippen LogP) is 1.28. The van der Waals surface area contributed by atoms with Gasteiger partial charge in [-0.25, -0.2) is 4.98 Å². The van der Waals surface area contributed by atoms with Crippen LogP contribution in [0.5, 0.6) is 0 Å². The first-order chi connectivity index (χ1) is 8.32. The van der Waals surface area contributed by atoms with Crippen molar-refractivity contribution in [3.8, 4) is 0 Å². The van der Waals surface area contributed by atoms with Crippen LogP contribution in [0.4, 0.5) is 11.8 Å². The van der Waals surface area contributed by atoms with Crippen LogP contribution in [0.15, 0.2) is 6.07 Å². The molecule has 0 atom stereocenters. The topological polar surface area (TPSA) is 92.9 Å². The summed E-state index contributed by atoms with van der Waals surface area (Å²) in [4.78, 5) is 19.6. The van der Waals surface area contributed by atoms with Gasteiger partial charge in [-0.15, -0.1) is 0 Å². The molecule has 0 unspecified atom stereocenters. The van der Waals surface area contributed by atoms with Crippen LogP contribution in [0.2, 0.25) is 0 Å². The number of nitrogens with zero attached hydrogens (tertiary/aromatic N) is 2. The van der Waals surface area contributed by atoms with E-state index in [0.29, 0.717) is 11.8 Å². The summed E-state index contributed by atoms with van der Waals surface area (Å²) in [7, 11) is 0. The van der Waals surface area contributed by atoms with Gasteiger partial charge in [-0.05, 0) is 27.7 Å². The van der Waals surface area contributed by atoms with Gasteiger partial charge >= 0.3 is 0 Å². The van der Waals surface area contributed by atoms with Gasteiger partial charge in [-0.1, -0.05) is 0 Å². The van der Waals surface area contributed by atoms with Gasteiger partial charge in [0.1, 0.15) is 5.82 Å². The molecule has 0 bridgehead atoms. The third-order valence-corrected chi connectivity index (χ3v) is 2.27. The van der Waals surface area contributed by atoms with Crippen molar-refractivity contribution in [1.82, 2.24) is 9.97 Å². The molecule has 0 aliphatic heterocycles. The lowest BCUT2D eigenvalue weighted by atomic mass is 10.0. The van der Waals surface area contributed by atoms with Crippen LogP contribution in [0, 0.1) is 6.92 Å². The molecule has 6 nitrogen and oxygen atoms in total. The predicted molar refractivity (Wildman–Crippen MR) is 72.4 cm³/mol. The van der Waals surface area contributed by atoms with Crippen molar-refractivity contribution >= 4 is 17.7 Å². The minimum absolute atomic E-state index is 0.243. The maximum atomic E-state index is 11.0. The van der Waals surface area contributed by atoms with E-state index in [1.54, 1.807) is 0 Å². The second-order valence-corrected chi connectivity index (χ2v) is 4.90. The summed E-state index contributed by atoms with van der Waals surface area (Å²) in [5.41, 5.74) is 5.64. The Morgan fingerprint density at radius 3 is 2.67 bits per heavy atom. The minimum Gasteiger partial charge on any atom is -0.370 e. The molecular formula is C12H21N5O. The molecule has 0 aromatic carbocycles. The number of primary amides is 1. The van der Waals surface area contributed by atoms with E-state index in [4.69, 9.17) is 5.73 Å². The number of aromatic nitrogens is 2. The Morgan fingerprint density at radius 2 is 2.11 bits per heavy atom. The molecule has 6 heteroatoms. The van der Waals surface area contributed by atoms with Gasteiger partial charge in [0.25, 0.3) is 0 Å². The molecule has 0 saturated carbocycles. The summed E-state index contributed by atoms with van der Waals surface area (Å²) in [5, 5.41) is 6.26. The van der Waals surface area contributed by atoms with Crippen molar-refractivity contribution in [3.05, 3.63) is 11.8 Å². The van der Waals surface area contributed by atoms with E-state index < -0.39 is 5.54 Å². The Kier molecular flexibility index (Phi) is 4.47. The minimum atomic E-state index is -0.434. The third kappa shape index (κ3) is 4.57. The van der Waals surface area contributed by atoms with Crippen LogP contribution in [-0.4, -0.2) is 28.0 Å². The second kappa shape index (κ2) is 5.66. The van der Waals surface area contributed by atoms with Crippen LogP contribution < -0.4 is 16.4 Å². The molecule has 1 aromatic heterocycles. The molecule has 0 saturated heterocycles. The Bertz CT molecular complexity index is 430. The van der Waals surface area contributed by atoms with E-state index in [9.17, 15) is 4.79 Å². The van der Waals surface area contributed by atoms with Gasteiger partial charge in [0, 0.05) is 30.3 Å². The number of carbonyl (C=O) groups is 1. The van der Waals surface area contributed by atoms with E-state index in [-0.39, 0.29) is 12.3 Å². The van der Waals surface area contributed by atoms with Gasteiger partial charge in [-0.2, -0.15) is 4.98 Å². The standard InChI is InChI=1S/C12H21N5O/c1-5-14-11-15-8(2)6-10(16-11)17-12(3,4)7-9(13)18/h6H,5,7H2,1-4H3,(H2,13,18)(H2,14,15,16,17). The maximum Gasteiger partial charge on any atom is 0.224 e. The van der Waals surface area contributed by atoms with E-state index >= 15 is 0 Å². The summed E-state index contributed by atoms with van der Waals surface area (Å²) < 4.78 is 0. The summed E-state index contributed by atoms with van der Waals surface area (Å²) in [6, 6.07) is 1.84. The Hall–Kier alpha value is -1.85. The lowest BCUT2D eigenvalue weighted by molar-refractivity contribution is -0.118. The quantitative estimate of drug-likeness (QED) is 0.708. The molecule has 0 radical (unpaired) electrons. The average molecular weight is 251 g/mol. The second-order valence-electron chi connectivity index (χ2n) is 4.90. The monoisotopic (exact) mass is 251 g/mol. The number of hydrogen-bond donors (Lipinski definition) is 3. The number of nitrogens with one attached hydrogen (secondary N) is 2. The lowest BCUT2D eigenvalue weighted by Gasteiger charge is -2.25. The van der Waals surface area contributed by atoms with Crippen molar-refractivity contribution in [2.75, 3.05) is 17.2 Å². The molecular weight excluding hydrogens is 230 g/mol. The summed E-state index contributed by atoms with van der Waals surface area (Å²) >= 11 is 0. The summed E-state index contributed by atoms with van der Waals surface area (Å²) in [5.74, 6) is 0.921. The summed E-state index contributed by atoms with van der Waals surface area (Å²) in [6.07, 6.45) is 0.243. The molecule has 0 aliphatic rings. The number of rotatable bonds is 6. The smallest absolute Gasteiger partial charge is 0.224 e. The highest BCUT2D eigenvalue weighted by Crippen LogP contribution is 2.18. The molecule has 100 valence electrons. The zero-order valence-electron chi connectivity index (χ0n) is 11.4. The Balaban J connectivity index is 2.86.